The van der Waals surface area contributed by atoms with Gasteiger partial charge in [0.25, 0.3) is 0 Å². The highest BCUT2D eigenvalue weighted by molar-refractivity contribution is 5.78. The molecule has 0 aliphatic carbocycles. The molecule has 0 amide bonds. The molecule has 19 heavy (non-hydrogen) atoms. The molecule has 1 fully saturated rings. The number of ether oxygens (including phenoxy) is 1. The van der Waals surface area contributed by atoms with Crippen molar-refractivity contribution in [1.82, 2.24) is 5.32 Å². The van der Waals surface area contributed by atoms with Gasteiger partial charge in [-0.3, -0.25) is 0 Å². The Morgan fingerprint density at radius 3 is 2.42 bits per heavy atom. The van der Waals surface area contributed by atoms with Crippen LogP contribution in [0.4, 0.5) is 13.2 Å². The average Bonchev–Trinajstić information content (AvgIpc) is 2.39. The molecule has 1 unspecified atom stereocenters. The van der Waals surface area contributed by atoms with E-state index in [1.807, 2.05) is 0 Å². The van der Waals surface area contributed by atoms with Crippen molar-refractivity contribution in [2.24, 2.45) is 0 Å². The van der Waals surface area contributed by atoms with Crippen LogP contribution in [0.2, 0.25) is 0 Å². The van der Waals surface area contributed by atoms with E-state index in [9.17, 15) is 18.0 Å². The van der Waals surface area contributed by atoms with Gasteiger partial charge < -0.3 is 10.1 Å². The number of nitrogens with one attached hydrogen (secondary N) is 1. The molecule has 0 radical (unpaired) electrons. The van der Waals surface area contributed by atoms with Gasteiger partial charge in [0.05, 0.1) is 5.56 Å². The Balaban J connectivity index is 1.97. The lowest BCUT2D eigenvalue weighted by atomic mass is 10.1. The third kappa shape index (κ3) is 3.70. The molecule has 104 valence electrons. The van der Waals surface area contributed by atoms with Gasteiger partial charge in [-0.25, -0.2) is 4.79 Å². The molecule has 1 atom stereocenters. The van der Waals surface area contributed by atoms with E-state index in [1.54, 1.807) is 0 Å². The minimum Gasteiger partial charge on any atom is -0.425 e. The predicted octanol–water partition coefficient (Wildman–Crippen LogP) is 2.75. The van der Waals surface area contributed by atoms with Crippen molar-refractivity contribution >= 4 is 5.97 Å². The number of benzene rings is 1. The van der Waals surface area contributed by atoms with E-state index in [4.69, 9.17) is 4.74 Å². The van der Waals surface area contributed by atoms with Crippen LogP contribution in [-0.2, 0) is 11.0 Å². The average molecular weight is 273 g/mol. The van der Waals surface area contributed by atoms with E-state index in [0.717, 1.165) is 43.7 Å². The molecule has 1 aliphatic rings. The fourth-order valence-corrected chi connectivity index (χ4v) is 1.95. The molecule has 2 rings (SSSR count). The number of alkyl halides is 3. The molecule has 1 heterocycles. The molecule has 0 spiro atoms. The highest BCUT2D eigenvalue weighted by Crippen LogP contribution is 2.30. The van der Waals surface area contributed by atoms with Crippen LogP contribution in [0, 0.1) is 0 Å². The van der Waals surface area contributed by atoms with Gasteiger partial charge in [0.1, 0.15) is 11.8 Å². The van der Waals surface area contributed by atoms with Crippen molar-refractivity contribution in [2.75, 3.05) is 6.54 Å². The number of esters is 1. The van der Waals surface area contributed by atoms with E-state index >= 15 is 0 Å². The predicted molar refractivity (Wildman–Crippen MR) is 62.7 cm³/mol. The molecule has 0 aromatic heterocycles. The first-order chi connectivity index (χ1) is 8.97. The molecule has 1 aliphatic heterocycles. The number of hydrogen-bond acceptors (Lipinski definition) is 3. The molecule has 6 heteroatoms. The summed E-state index contributed by atoms with van der Waals surface area (Å²) in [6, 6.07) is 3.75. The number of halogens is 3. The molecule has 0 saturated carbocycles. The Bertz CT molecular complexity index is 436. The number of carbonyl (C=O) groups excluding carboxylic acids is 1. The SMILES string of the molecule is O=C(Oc1ccc(C(F)(F)F)cc1)C1CCCCN1. The van der Waals surface area contributed by atoms with E-state index in [0.29, 0.717) is 6.42 Å². The van der Waals surface area contributed by atoms with E-state index < -0.39 is 17.7 Å². The second-order valence-corrected chi connectivity index (χ2v) is 4.45. The van der Waals surface area contributed by atoms with Gasteiger partial charge in [0.2, 0.25) is 0 Å². The molecule has 1 aromatic rings. The van der Waals surface area contributed by atoms with Crippen molar-refractivity contribution in [2.45, 2.75) is 31.5 Å². The number of rotatable bonds is 2. The lowest BCUT2D eigenvalue weighted by Crippen LogP contribution is -2.42. The van der Waals surface area contributed by atoms with Crippen LogP contribution in [-0.4, -0.2) is 18.6 Å². The minimum atomic E-state index is -4.38. The van der Waals surface area contributed by atoms with Crippen molar-refractivity contribution in [1.29, 1.82) is 0 Å². The summed E-state index contributed by atoms with van der Waals surface area (Å²) < 4.78 is 42.1. The first kappa shape index (κ1) is 13.9. The van der Waals surface area contributed by atoms with Crippen LogP contribution in [0.25, 0.3) is 0 Å². The molecular weight excluding hydrogens is 259 g/mol. The summed E-state index contributed by atoms with van der Waals surface area (Å²) in [6.07, 6.45) is -1.73. The summed E-state index contributed by atoms with van der Waals surface area (Å²) in [4.78, 5) is 11.7. The number of piperidine rings is 1. The highest BCUT2D eigenvalue weighted by Gasteiger charge is 2.30. The van der Waals surface area contributed by atoms with Gasteiger partial charge in [0.15, 0.2) is 0 Å². The fourth-order valence-electron chi connectivity index (χ4n) is 1.95. The van der Waals surface area contributed by atoms with E-state index in [1.165, 1.54) is 0 Å². The van der Waals surface area contributed by atoms with Gasteiger partial charge >= 0.3 is 12.1 Å². The summed E-state index contributed by atoms with van der Waals surface area (Å²) in [7, 11) is 0. The van der Waals surface area contributed by atoms with Crippen LogP contribution in [0.15, 0.2) is 24.3 Å². The summed E-state index contributed by atoms with van der Waals surface area (Å²) in [5.41, 5.74) is -0.761. The van der Waals surface area contributed by atoms with Gasteiger partial charge in [-0.15, -0.1) is 0 Å². The summed E-state index contributed by atoms with van der Waals surface area (Å²) in [6.45, 7) is 0.757. The standard InChI is InChI=1S/C13H14F3NO2/c14-13(15,16)9-4-6-10(7-5-9)19-12(18)11-3-1-2-8-17-11/h4-7,11,17H,1-3,8H2. The van der Waals surface area contributed by atoms with Gasteiger partial charge in [-0.1, -0.05) is 6.42 Å². The van der Waals surface area contributed by atoms with Crippen molar-refractivity contribution in [3.05, 3.63) is 29.8 Å². The summed E-state index contributed by atoms with van der Waals surface area (Å²) >= 11 is 0. The van der Waals surface area contributed by atoms with Crippen LogP contribution >= 0.6 is 0 Å². The van der Waals surface area contributed by atoms with Crippen molar-refractivity contribution in [3.63, 3.8) is 0 Å². The molecule has 3 nitrogen and oxygen atoms in total. The Morgan fingerprint density at radius 2 is 1.89 bits per heavy atom. The Labute approximate surface area is 108 Å². The highest BCUT2D eigenvalue weighted by atomic mass is 19.4. The monoisotopic (exact) mass is 273 g/mol. The Morgan fingerprint density at radius 1 is 1.21 bits per heavy atom. The molecule has 0 bridgehead atoms. The van der Waals surface area contributed by atoms with Crippen LogP contribution in [0.5, 0.6) is 5.75 Å². The summed E-state index contributed by atoms with van der Waals surface area (Å²) in [5.74, 6) is -0.315. The second-order valence-electron chi connectivity index (χ2n) is 4.45. The Kier molecular flexibility index (Phi) is 4.09. The lowest BCUT2D eigenvalue weighted by Gasteiger charge is -2.21. The zero-order valence-corrected chi connectivity index (χ0v) is 10.2. The minimum absolute atomic E-state index is 0.130. The smallest absolute Gasteiger partial charge is 0.416 e. The molecule has 1 saturated heterocycles. The fraction of sp³-hybridized carbons (Fsp3) is 0.462. The zero-order chi connectivity index (χ0) is 13.9. The largest absolute Gasteiger partial charge is 0.425 e. The van der Waals surface area contributed by atoms with Crippen molar-refractivity contribution in [3.8, 4) is 5.75 Å². The molecule has 1 aromatic carbocycles. The summed E-state index contributed by atoms with van der Waals surface area (Å²) in [5, 5.41) is 3.02. The number of carbonyl (C=O) groups is 1. The van der Waals surface area contributed by atoms with E-state index in [2.05, 4.69) is 5.32 Å². The van der Waals surface area contributed by atoms with Gasteiger partial charge in [-0.2, -0.15) is 13.2 Å². The lowest BCUT2D eigenvalue weighted by molar-refractivity contribution is -0.137. The van der Waals surface area contributed by atoms with Gasteiger partial charge in [-0.05, 0) is 43.7 Å². The zero-order valence-electron chi connectivity index (χ0n) is 10.2. The number of hydrogen-bond donors (Lipinski definition) is 1. The van der Waals surface area contributed by atoms with Crippen LogP contribution < -0.4 is 10.1 Å². The van der Waals surface area contributed by atoms with Crippen LogP contribution in [0.1, 0.15) is 24.8 Å². The maximum Gasteiger partial charge on any atom is 0.416 e. The third-order valence-corrected chi connectivity index (χ3v) is 2.99. The first-order valence-corrected chi connectivity index (χ1v) is 6.09. The van der Waals surface area contributed by atoms with Crippen molar-refractivity contribution < 1.29 is 22.7 Å². The Hall–Kier alpha value is -1.56. The van der Waals surface area contributed by atoms with Gasteiger partial charge in [0, 0.05) is 0 Å². The second kappa shape index (κ2) is 5.61. The normalized spacial score (nSPS) is 20.1. The quantitative estimate of drug-likeness (QED) is 0.665. The first-order valence-electron chi connectivity index (χ1n) is 6.09. The maximum atomic E-state index is 12.4. The van der Waals surface area contributed by atoms with Crippen LogP contribution in [0.3, 0.4) is 0 Å². The molecular formula is C13H14F3NO2. The maximum absolute atomic E-state index is 12.4. The van der Waals surface area contributed by atoms with E-state index in [-0.39, 0.29) is 11.8 Å². The molecule has 1 N–H and O–H groups in total. The third-order valence-electron chi connectivity index (χ3n) is 2.99. The topological polar surface area (TPSA) is 38.3 Å².